The number of carbonyl (C=O) groups excluding carboxylic acids is 1. The van der Waals surface area contributed by atoms with E-state index in [1.807, 2.05) is 6.92 Å². The first-order valence-electron chi connectivity index (χ1n) is 9.39. The van der Waals surface area contributed by atoms with E-state index in [0.29, 0.717) is 42.2 Å². The highest BCUT2D eigenvalue weighted by molar-refractivity contribution is 7.89. The van der Waals surface area contributed by atoms with Crippen molar-refractivity contribution in [2.75, 3.05) is 18.4 Å². The van der Waals surface area contributed by atoms with Gasteiger partial charge in [-0.3, -0.25) is 4.79 Å². The summed E-state index contributed by atoms with van der Waals surface area (Å²) in [5.74, 6) is 0.123. The molecule has 0 aliphatic carbocycles. The van der Waals surface area contributed by atoms with Gasteiger partial charge in [-0.05, 0) is 49.2 Å². The number of aromatic nitrogens is 1. The third kappa shape index (κ3) is 3.88. The Kier molecular flexibility index (Phi) is 5.33. The average Bonchev–Trinajstić information content (AvgIpc) is 3.37. The number of hydrogen-bond acceptors (Lipinski definition) is 5. The van der Waals surface area contributed by atoms with E-state index in [0.717, 1.165) is 12.8 Å². The summed E-state index contributed by atoms with van der Waals surface area (Å²) in [6, 6.07) is 9.33. The summed E-state index contributed by atoms with van der Waals surface area (Å²) in [4.78, 5) is 17.2. The summed E-state index contributed by atoms with van der Waals surface area (Å²) >= 11 is 6.19. The number of nitrogens with one attached hydrogen (secondary N) is 1. The monoisotopic (exact) mass is 433 g/mol. The molecular formula is C20H20ClN3O4S. The van der Waals surface area contributed by atoms with E-state index in [4.69, 9.17) is 16.0 Å². The number of carbonyl (C=O) groups is 1. The fraction of sp³-hybridized carbons (Fsp3) is 0.300. The van der Waals surface area contributed by atoms with E-state index >= 15 is 0 Å². The standard InChI is InChI=1S/C20H20ClN3O4S/c1-2-19-23-17-11-13(5-8-18(17)28-19)22-20(25)15-12-14(6-7-16(15)21)29(26,27)24-9-3-4-10-24/h5-8,11-12H,2-4,9-10H2,1H3,(H,22,25). The van der Waals surface area contributed by atoms with Gasteiger partial charge in [-0.1, -0.05) is 18.5 Å². The van der Waals surface area contributed by atoms with E-state index in [-0.39, 0.29) is 15.5 Å². The molecule has 1 aliphatic rings. The van der Waals surface area contributed by atoms with Crippen LogP contribution in [0.15, 0.2) is 45.7 Å². The summed E-state index contributed by atoms with van der Waals surface area (Å²) in [5, 5.41) is 2.93. The first kappa shape index (κ1) is 19.9. The minimum absolute atomic E-state index is 0.0634. The number of nitrogens with zero attached hydrogens (tertiary/aromatic N) is 2. The maximum atomic E-state index is 12.8. The lowest BCUT2D eigenvalue weighted by Gasteiger charge is -2.16. The van der Waals surface area contributed by atoms with E-state index in [2.05, 4.69) is 10.3 Å². The molecule has 7 nitrogen and oxygen atoms in total. The predicted molar refractivity (Wildman–Crippen MR) is 111 cm³/mol. The van der Waals surface area contributed by atoms with Crippen LogP contribution in [-0.2, 0) is 16.4 Å². The third-order valence-electron chi connectivity index (χ3n) is 4.88. The number of amides is 1. The average molecular weight is 434 g/mol. The summed E-state index contributed by atoms with van der Waals surface area (Å²) in [7, 11) is -3.64. The van der Waals surface area contributed by atoms with Crippen LogP contribution in [0.3, 0.4) is 0 Å². The van der Waals surface area contributed by atoms with Gasteiger partial charge in [0.2, 0.25) is 10.0 Å². The van der Waals surface area contributed by atoms with Gasteiger partial charge in [-0.25, -0.2) is 13.4 Å². The fourth-order valence-corrected chi connectivity index (χ4v) is 5.07. The number of benzene rings is 2. The Balaban J connectivity index is 1.61. The van der Waals surface area contributed by atoms with Gasteiger partial charge >= 0.3 is 0 Å². The molecule has 0 unspecified atom stereocenters. The van der Waals surface area contributed by atoms with Crippen molar-refractivity contribution in [1.82, 2.24) is 9.29 Å². The van der Waals surface area contributed by atoms with Crippen molar-refractivity contribution in [2.24, 2.45) is 0 Å². The van der Waals surface area contributed by atoms with Gasteiger partial charge in [-0.15, -0.1) is 0 Å². The Morgan fingerprint density at radius 1 is 1.21 bits per heavy atom. The van der Waals surface area contributed by atoms with Crippen molar-refractivity contribution in [3.63, 3.8) is 0 Å². The minimum Gasteiger partial charge on any atom is -0.441 e. The van der Waals surface area contributed by atoms with Crippen molar-refractivity contribution < 1.29 is 17.6 Å². The van der Waals surface area contributed by atoms with Gasteiger partial charge in [0.15, 0.2) is 11.5 Å². The second kappa shape index (κ2) is 7.78. The number of sulfonamides is 1. The molecule has 2 aromatic carbocycles. The van der Waals surface area contributed by atoms with Gasteiger partial charge < -0.3 is 9.73 Å². The summed E-state index contributed by atoms with van der Waals surface area (Å²) in [5.41, 5.74) is 1.89. The molecular weight excluding hydrogens is 414 g/mol. The molecule has 4 rings (SSSR count). The van der Waals surface area contributed by atoms with Crippen LogP contribution in [0.5, 0.6) is 0 Å². The number of fused-ring (bicyclic) bond motifs is 1. The van der Waals surface area contributed by atoms with Crippen LogP contribution in [0.2, 0.25) is 5.02 Å². The lowest BCUT2D eigenvalue weighted by atomic mass is 10.2. The Bertz CT molecular complexity index is 1180. The van der Waals surface area contributed by atoms with E-state index in [1.54, 1.807) is 18.2 Å². The molecule has 3 aromatic rings. The largest absolute Gasteiger partial charge is 0.441 e. The number of rotatable bonds is 5. The molecule has 1 amide bonds. The zero-order valence-electron chi connectivity index (χ0n) is 15.8. The van der Waals surface area contributed by atoms with Crippen molar-refractivity contribution in [1.29, 1.82) is 0 Å². The molecule has 1 aromatic heterocycles. The van der Waals surface area contributed by atoms with Crippen molar-refractivity contribution in [2.45, 2.75) is 31.1 Å². The maximum absolute atomic E-state index is 12.8. The van der Waals surface area contributed by atoms with Crippen molar-refractivity contribution >= 4 is 44.3 Å². The molecule has 152 valence electrons. The van der Waals surface area contributed by atoms with Crippen molar-refractivity contribution in [3.05, 3.63) is 52.9 Å². The second-order valence-electron chi connectivity index (χ2n) is 6.85. The fourth-order valence-electron chi connectivity index (χ4n) is 3.32. The van der Waals surface area contributed by atoms with Gasteiger partial charge in [0, 0.05) is 25.2 Å². The van der Waals surface area contributed by atoms with E-state index < -0.39 is 15.9 Å². The summed E-state index contributed by atoms with van der Waals surface area (Å²) in [6.45, 7) is 2.92. The van der Waals surface area contributed by atoms with Gasteiger partial charge in [0.05, 0.1) is 15.5 Å². The normalized spacial score (nSPS) is 15.1. The predicted octanol–water partition coefficient (Wildman–Crippen LogP) is 4.08. The topological polar surface area (TPSA) is 92.5 Å². The molecule has 1 aliphatic heterocycles. The molecule has 9 heteroatoms. The summed E-state index contributed by atoms with van der Waals surface area (Å²) < 4.78 is 32.6. The Morgan fingerprint density at radius 2 is 1.97 bits per heavy atom. The molecule has 1 fully saturated rings. The Labute approximate surface area is 173 Å². The van der Waals surface area contributed by atoms with Crippen LogP contribution in [0.4, 0.5) is 5.69 Å². The van der Waals surface area contributed by atoms with E-state index in [1.165, 1.54) is 22.5 Å². The van der Waals surface area contributed by atoms with Crippen molar-refractivity contribution in [3.8, 4) is 0 Å². The lowest BCUT2D eigenvalue weighted by molar-refractivity contribution is 0.102. The number of aryl methyl sites for hydroxylation is 1. The molecule has 0 bridgehead atoms. The lowest BCUT2D eigenvalue weighted by Crippen LogP contribution is -2.28. The smallest absolute Gasteiger partial charge is 0.257 e. The minimum atomic E-state index is -3.64. The molecule has 0 radical (unpaired) electrons. The number of hydrogen-bond donors (Lipinski definition) is 1. The zero-order chi connectivity index (χ0) is 20.6. The first-order valence-corrected chi connectivity index (χ1v) is 11.2. The molecule has 29 heavy (non-hydrogen) atoms. The van der Waals surface area contributed by atoms with Crippen LogP contribution < -0.4 is 5.32 Å². The highest BCUT2D eigenvalue weighted by Crippen LogP contribution is 2.27. The number of anilines is 1. The summed E-state index contributed by atoms with van der Waals surface area (Å²) in [6.07, 6.45) is 2.35. The molecule has 2 heterocycles. The third-order valence-corrected chi connectivity index (χ3v) is 7.10. The van der Waals surface area contributed by atoms with Crippen LogP contribution in [0.1, 0.15) is 36.0 Å². The maximum Gasteiger partial charge on any atom is 0.257 e. The molecule has 0 spiro atoms. The number of oxazole rings is 1. The zero-order valence-corrected chi connectivity index (χ0v) is 17.4. The molecule has 0 saturated carbocycles. The highest BCUT2D eigenvalue weighted by Gasteiger charge is 2.28. The Morgan fingerprint density at radius 3 is 2.69 bits per heavy atom. The van der Waals surface area contributed by atoms with Crippen LogP contribution in [0, 0.1) is 0 Å². The Hall–Kier alpha value is -2.42. The van der Waals surface area contributed by atoms with Crippen LogP contribution >= 0.6 is 11.6 Å². The second-order valence-corrected chi connectivity index (χ2v) is 9.20. The van der Waals surface area contributed by atoms with E-state index in [9.17, 15) is 13.2 Å². The molecule has 1 saturated heterocycles. The van der Waals surface area contributed by atoms with Crippen LogP contribution in [-0.4, -0.2) is 36.7 Å². The van der Waals surface area contributed by atoms with Gasteiger partial charge in [0.25, 0.3) is 5.91 Å². The van der Waals surface area contributed by atoms with Crippen LogP contribution in [0.25, 0.3) is 11.1 Å². The SMILES string of the molecule is CCc1nc2cc(NC(=O)c3cc(S(=O)(=O)N4CCCC4)ccc3Cl)ccc2o1. The quantitative estimate of drug-likeness (QED) is 0.654. The highest BCUT2D eigenvalue weighted by atomic mass is 35.5. The molecule has 1 N–H and O–H groups in total. The number of halogens is 1. The molecule has 0 atom stereocenters. The van der Waals surface area contributed by atoms with Gasteiger partial charge in [-0.2, -0.15) is 4.31 Å². The van der Waals surface area contributed by atoms with Gasteiger partial charge in [0.1, 0.15) is 5.52 Å². The first-order chi connectivity index (χ1) is 13.9.